The maximum Gasteiger partial charge on any atom is 0.412 e. The zero-order valence-corrected chi connectivity index (χ0v) is 20.1. The number of anilines is 1. The summed E-state index contributed by atoms with van der Waals surface area (Å²) in [6, 6.07) is 18.7. The first-order valence-corrected chi connectivity index (χ1v) is 11.5. The maximum atomic E-state index is 13.6. The summed E-state index contributed by atoms with van der Waals surface area (Å²) < 4.78 is 12.4. The van der Waals surface area contributed by atoms with E-state index < -0.39 is 28.8 Å². The summed E-state index contributed by atoms with van der Waals surface area (Å²) in [5, 5.41) is 2.49. The van der Waals surface area contributed by atoms with Crippen molar-refractivity contribution in [3.63, 3.8) is 0 Å². The molecule has 1 aromatic heterocycles. The highest BCUT2D eigenvalue weighted by Gasteiger charge is 2.49. The molecule has 35 heavy (non-hydrogen) atoms. The molecule has 8 heteroatoms. The van der Waals surface area contributed by atoms with Crippen molar-refractivity contribution in [1.29, 1.82) is 0 Å². The minimum absolute atomic E-state index is 0.0578. The largest absolute Gasteiger partial charge is 0.458 e. The van der Waals surface area contributed by atoms with Crippen molar-refractivity contribution in [3.05, 3.63) is 94.2 Å². The molecule has 0 saturated carbocycles. The van der Waals surface area contributed by atoms with E-state index in [0.29, 0.717) is 18.7 Å². The average molecular weight is 476 g/mol. The molecular weight excluding hydrogens is 446 g/mol. The molecule has 0 saturated heterocycles. The summed E-state index contributed by atoms with van der Waals surface area (Å²) in [5.74, 6) is -0.0275. The number of aromatic nitrogens is 2. The molecule has 2 aromatic carbocycles. The number of nitrogens with zero attached hydrogens (tertiary/aromatic N) is 2. The number of carbonyl (C=O) groups is 2. The van der Waals surface area contributed by atoms with Gasteiger partial charge in [0, 0.05) is 12.8 Å². The van der Waals surface area contributed by atoms with Gasteiger partial charge in [-0.1, -0.05) is 60.7 Å². The van der Waals surface area contributed by atoms with Crippen LogP contribution in [0.3, 0.4) is 0 Å². The van der Waals surface area contributed by atoms with E-state index in [-0.39, 0.29) is 18.7 Å². The van der Waals surface area contributed by atoms with E-state index in [0.717, 1.165) is 11.1 Å². The molecule has 0 bridgehead atoms. The highest BCUT2D eigenvalue weighted by atomic mass is 16.6. The molecule has 1 amide bonds. The Bertz CT molecular complexity index is 1270. The van der Waals surface area contributed by atoms with Gasteiger partial charge in [0.15, 0.2) is 5.54 Å². The van der Waals surface area contributed by atoms with E-state index in [1.54, 1.807) is 20.8 Å². The second kappa shape index (κ2) is 9.74. The summed E-state index contributed by atoms with van der Waals surface area (Å²) in [6.45, 7) is 5.43. The average Bonchev–Trinajstić information content (AvgIpc) is 3.20. The number of benzene rings is 2. The molecule has 182 valence electrons. The Hall–Kier alpha value is -3.94. The number of rotatable bonds is 6. The predicted octanol–water partition coefficient (Wildman–Crippen LogP) is 4.22. The number of amides is 1. The topological polar surface area (TPSA) is 99.5 Å². The minimum Gasteiger partial charge on any atom is -0.458 e. The van der Waals surface area contributed by atoms with Crippen LogP contribution in [0, 0.1) is 0 Å². The number of aryl methyl sites for hydroxylation is 1. The van der Waals surface area contributed by atoms with Crippen LogP contribution in [0.1, 0.15) is 44.1 Å². The van der Waals surface area contributed by atoms with Crippen LogP contribution in [0.15, 0.2) is 71.7 Å². The zero-order chi connectivity index (χ0) is 25.1. The van der Waals surface area contributed by atoms with Crippen LogP contribution in [-0.2, 0) is 39.3 Å². The monoisotopic (exact) mass is 475 g/mol. The lowest BCUT2D eigenvalue weighted by atomic mass is 9.88. The molecule has 4 rings (SSSR count). The van der Waals surface area contributed by atoms with Crippen LogP contribution in [0.25, 0.3) is 0 Å². The summed E-state index contributed by atoms with van der Waals surface area (Å²) >= 11 is 0. The van der Waals surface area contributed by atoms with Gasteiger partial charge >= 0.3 is 12.1 Å². The maximum absolute atomic E-state index is 13.6. The molecule has 0 radical (unpaired) electrons. The third-order valence-electron chi connectivity index (χ3n) is 5.79. The van der Waals surface area contributed by atoms with Crippen molar-refractivity contribution >= 4 is 17.7 Å². The van der Waals surface area contributed by atoms with Crippen molar-refractivity contribution < 1.29 is 19.1 Å². The van der Waals surface area contributed by atoms with Crippen molar-refractivity contribution in [1.82, 2.24) is 9.55 Å². The van der Waals surface area contributed by atoms with Gasteiger partial charge in [0.25, 0.3) is 5.56 Å². The highest BCUT2D eigenvalue weighted by molar-refractivity contribution is 5.84. The standard InChI is InChI=1S/C27H29N3O5/c1-26(2,3)35-24(32)27(16-19-10-6-4-7-11-19)15-14-22-28-17-21(23(31)30(22)27)29-25(33)34-18-20-12-8-5-9-13-20/h4-13,17H,14-16,18H2,1-3H3,(H,29,33). The molecule has 3 aromatic rings. The van der Waals surface area contributed by atoms with Crippen molar-refractivity contribution in [2.24, 2.45) is 0 Å². The van der Waals surface area contributed by atoms with E-state index in [4.69, 9.17) is 9.47 Å². The normalized spacial score (nSPS) is 16.9. The Morgan fingerprint density at radius 2 is 1.66 bits per heavy atom. The van der Waals surface area contributed by atoms with Gasteiger partial charge < -0.3 is 9.47 Å². The molecule has 0 spiro atoms. The van der Waals surface area contributed by atoms with Crippen molar-refractivity contribution in [2.75, 3.05) is 5.32 Å². The van der Waals surface area contributed by atoms with Crippen LogP contribution >= 0.6 is 0 Å². The molecular formula is C27H29N3O5. The van der Waals surface area contributed by atoms with Gasteiger partial charge in [0.2, 0.25) is 0 Å². The van der Waals surface area contributed by atoms with E-state index in [2.05, 4.69) is 10.3 Å². The summed E-state index contributed by atoms with van der Waals surface area (Å²) in [6.07, 6.45) is 1.59. The van der Waals surface area contributed by atoms with Crippen molar-refractivity contribution in [2.45, 2.75) is 57.8 Å². The number of nitrogens with one attached hydrogen (secondary N) is 1. The highest BCUT2D eigenvalue weighted by Crippen LogP contribution is 2.36. The fraction of sp³-hybridized carbons (Fsp3) is 0.333. The van der Waals surface area contributed by atoms with E-state index in [1.807, 2.05) is 60.7 Å². The molecule has 1 unspecified atom stereocenters. The molecule has 0 aliphatic carbocycles. The van der Waals surface area contributed by atoms with Crippen molar-refractivity contribution in [3.8, 4) is 0 Å². The molecule has 1 aliphatic heterocycles. The Labute approximate surface area is 203 Å². The minimum atomic E-state index is -1.28. The van der Waals surface area contributed by atoms with Crippen LogP contribution in [0.5, 0.6) is 0 Å². The van der Waals surface area contributed by atoms with Crippen LogP contribution in [0.4, 0.5) is 10.5 Å². The van der Waals surface area contributed by atoms with E-state index in [1.165, 1.54) is 10.8 Å². The third kappa shape index (κ3) is 5.42. The first kappa shape index (κ1) is 24.2. The second-order valence-electron chi connectivity index (χ2n) is 9.61. The molecule has 0 fully saturated rings. The van der Waals surface area contributed by atoms with Crippen LogP contribution < -0.4 is 10.9 Å². The lowest BCUT2D eigenvalue weighted by Crippen LogP contribution is -2.50. The van der Waals surface area contributed by atoms with Gasteiger partial charge in [-0.25, -0.2) is 14.6 Å². The third-order valence-corrected chi connectivity index (χ3v) is 5.79. The second-order valence-corrected chi connectivity index (χ2v) is 9.61. The molecule has 8 nitrogen and oxygen atoms in total. The number of esters is 1. The van der Waals surface area contributed by atoms with Gasteiger partial charge in [-0.2, -0.15) is 0 Å². The molecule has 2 heterocycles. The predicted molar refractivity (Wildman–Crippen MR) is 131 cm³/mol. The summed E-state index contributed by atoms with van der Waals surface area (Å²) in [5.41, 5.74) is -0.894. The summed E-state index contributed by atoms with van der Waals surface area (Å²) in [4.78, 5) is 44.0. The Kier molecular flexibility index (Phi) is 6.73. The first-order chi connectivity index (χ1) is 16.7. The summed E-state index contributed by atoms with van der Waals surface area (Å²) in [7, 11) is 0. The molecule has 1 aliphatic rings. The number of hydrogen-bond donors (Lipinski definition) is 1. The number of hydrogen-bond acceptors (Lipinski definition) is 6. The van der Waals surface area contributed by atoms with Gasteiger partial charge in [-0.3, -0.25) is 14.7 Å². The lowest BCUT2D eigenvalue weighted by Gasteiger charge is -2.33. The zero-order valence-electron chi connectivity index (χ0n) is 20.1. The van der Waals surface area contributed by atoms with Gasteiger partial charge in [0.05, 0.1) is 6.20 Å². The van der Waals surface area contributed by atoms with E-state index >= 15 is 0 Å². The van der Waals surface area contributed by atoms with E-state index in [9.17, 15) is 14.4 Å². The first-order valence-electron chi connectivity index (χ1n) is 11.5. The smallest absolute Gasteiger partial charge is 0.412 e. The lowest BCUT2D eigenvalue weighted by molar-refractivity contribution is -0.166. The molecule has 1 N–H and O–H groups in total. The Morgan fingerprint density at radius 1 is 1.03 bits per heavy atom. The Morgan fingerprint density at radius 3 is 2.29 bits per heavy atom. The van der Waals surface area contributed by atoms with Crippen LogP contribution in [-0.4, -0.2) is 27.2 Å². The fourth-order valence-electron chi connectivity index (χ4n) is 4.23. The number of ether oxygens (including phenoxy) is 2. The molecule has 1 atom stereocenters. The van der Waals surface area contributed by atoms with Gasteiger partial charge in [-0.05, 0) is 38.3 Å². The SMILES string of the molecule is CC(C)(C)OC(=O)C1(Cc2ccccc2)CCc2ncc(NC(=O)OCc3ccccc3)c(=O)n21. The van der Waals surface area contributed by atoms with Crippen LogP contribution in [0.2, 0.25) is 0 Å². The number of carbonyl (C=O) groups excluding carboxylic acids is 2. The fourth-order valence-corrected chi connectivity index (χ4v) is 4.23. The Balaban J connectivity index is 1.65. The van der Waals surface area contributed by atoms with Gasteiger partial charge in [0.1, 0.15) is 23.7 Å². The number of fused-ring (bicyclic) bond motifs is 1. The quantitative estimate of drug-likeness (QED) is 0.536. The van der Waals surface area contributed by atoms with Gasteiger partial charge in [-0.15, -0.1) is 0 Å².